The van der Waals surface area contributed by atoms with Crippen LogP contribution in [0, 0.1) is 11.8 Å². The molecule has 2 aliphatic carbocycles. The number of phenols is 1. The van der Waals surface area contributed by atoms with Crippen molar-refractivity contribution < 1.29 is 19.1 Å². The molecule has 5 heteroatoms. The summed E-state index contributed by atoms with van der Waals surface area (Å²) in [6.07, 6.45) is 2.21. The van der Waals surface area contributed by atoms with Crippen LogP contribution in [0.4, 0.5) is 0 Å². The van der Waals surface area contributed by atoms with Crippen LogP contribution in [0.2, 0.25) is 19.6 Å². The summed E-state index contributed by atoms with van der Waals surface area (Å²) in [6.45, 7) is 8.18. The van der Waals surface area contributed by atoms with Crippen LogP contribution in [0.3, 0.4) is 0 Å². The van der Waals surface area contributed by atoms with Gasteiger partial charge in [-0.05, 0) is 44.6 Å². The van der Waals surface area contributed by atoms with E-state index < -0.39 is 14.2 Å². The molecule has 0 amide bonds. The van der Waals surface area contributed by atoms with E-state index in [2.05, 4.69) is 19.6 Å². The summed E-state index contributed by atoms with van der Waals surface area (Å²) in [5.74, 6) is -1.26. The lowest BCUT2D eigenvalue weighted by atomic mass is 9.66. The van der Waals surface area contributed by atoms with E-state index in [1.54, 1.807) is 12.1 Å². The predicted octanol–water partition coefficient (Wildman–Crippen LogP) is 3.57. The van der Waals surface area contributed by atoms with Crippen molar-refractivity contribution in [2.45, 2.75) is 39.1 Å². The molecule has 0 spiro atoms. The Bertz CT molecular complexity index is 714. The van der Waals surface area contributed by atoms with Gasteiger partial charge < -0.3 is 9.53 Å². The molecule has 3 rings (SSSR count). The van der Waals surface area contributed by atoms with Crippen LogP contribution in [-0.4, -0.2) is 31.1 Å². The molecule has 0 fully saturated rings. The minimum atomic E-state index is -1.89. The van der Waals surface area contributed by atoms with E-state index in [4.69, 9.17) is 4.43 Å². The Labute approximate surface area is 137 Å². The Kier molecular flexibility index (Phi) is 3.81. The van der Waals surface area contributed by atoms with Gasteiger partial charge in [0.05, 0.1) is 17.6 Å². The van der Waals surface area contributed by atoms with Crippen LogP contribution >= 0.6 is 0 Å². The molecule has 0 aliphatic heterocycles. The van der Waals surface area contributed by atoms with Crippen LogP contribution in [0.25, 0.3) is 0 Å². The van der Waals surface area contributed by atoms with Crippen molar-refractivity contribution in [3.8, 4) is 5.75 Å². The maximum Gasteiger partial charge on any atom is 0.184 e. The Morgan fingerprint density at radius 1 is 1.17 bits per heavy atom. The van der Waals surface area contributed by atoms with Gasteiger partial charge in [0.15, 0.2) is 19.9 Å². The first-order valence-electron chi connectivity index (χ1n) is 7.95. The summed E-state index contributed by atoms with van der Waals surface area (Å²) >= 11 is 0. The van der Waals surface area contributed by atoms with Gasteiger partial charge in [-0.15, -0.1) is 0 Å². The number of carbonyl (C=O) groups excluding carboxylic acids is 2. The molecule has 0 heterocycles. The number of ketones is 2. The summed E-state index contributed by atoms with van der Waals surface area (Å²) in [5.41, 5.74) is 1.52. The number of benzene rings is 1. The number of hydrogen-bond acceptors (Lipinski definition) is 4. The third kappa shape index (κ3) is 2.68. The lowest BCUT2D eigenvalue weighted by Gasteiger charge is -2.41. The normalized spacial score (nSPS) is 27.3. The lowest BCUT2D eigenvalue weighted by Crippen LogP contribution is -2.49. The Balaban J connectivity index is 2.11. The first kappa shape index (κ1) is 16.1. The smallest absolute Gasteiger partial charge is 0.184 e. The highest BCUT2D eigenvalue weighted by molar-refractivity contribution is 6.69. The highest BCUT2D eigenvalue weighted by Gasteiger charge is 2.49. The Morgan fingerprint density at radius 2 is 1.87 bits per heavy atom. The zero-order valence-electron chi connectivity index (χ0n) is 13.9. The molecule has 0 saturated heterocycles. The first-order valence-corrected chi connectivity index (χ1v) is 11.4. The summed E-state index contributed by atoms with van der Waals surface area (Å²) in [4.78, 5) is 25.9. The molecular formula is C18H22O4Si. The molecule has 2 aliphatic rings. The average Bonchev–Trinajstić information content (AvgIpc) is 2.45. The van der Waals surface area contributed by atoms with Gasteiger partial charge in [0.25, 0.3) is 0 Å². The van der Waals surface area contributed by atoms with Crippen LogP contribution in [0.1, 0.15) is 34.1 Å². The van der Waals surface area contributed by atoms with Crippen LogP contribution in [-0.2, 0) is 4.43 Å². The highest BCUT2D eigenvalue weighted by Crippen LogP contribution is 2.43. The van der Waals surface area contributed by atoms with Crippen LogP contribution in [0.5, 0.6) is 5.75 Å². The van der Waals surface area contributed by atoms with Gasteiger partial charge in [-0.1, -0.05) is 18.2 Å². The van der Waals surface area contributed by atoms with Crippen molar-refractivity contribution in [3.63, 3.8) is 0 Å². The molecule has 0 aromatic heterocycles. The molecule has 1 N–H and O–H groups in total. The summed E-state index contributed by atoms with van der Waals surface area (Å²) < 4.78 is 6.25. The fourth-order valence-electron chi connectivity index (χ4n) is 3.58. The average molecular weight is 330 g/mol. The van der Waals surface area contributed by atoms with Crippen LogP contribution in [0.15, 0.2) is 29.8 Å². The number of Topliss-reactive ketones (excluding diaryl/α,β-unsaturated/α-hetero) is 2. The lowest BCUT2D eigenvalue weighted by molar-refractivity contribution is 0.0532. The van der Waals surface area contributed by atoms with Crippen molar-refractivity contribution in [2.24, 2.45) is 11.8 Å². The number of rotatable bonds is 2. The molecule has 3 unspecified atom stereocenters. The molecule has 23 heavy (non-hydrogen) atoms. The highest BCUT2D eigenvalue weighted by atomic mass is 28.4. The van der Waals surface area contributed by atoms with E-state index in [0.717, 1.165) is 5.57 Å². The third-order valence-corrected chi connectivity index (χ3v) is 5.54. The van der Waals surface area contributed by atoms with E-state index in [9.17, 15) is 14.7 Å². The van der Waals surface area contributed by atoms with E-state index >= 15 is 0 Å². The Morgan fingerprint density at radius 3 is 2.52 bits per heavy atom. The van der Waals surface area contributed by atoms with Gasteiger partial charge in [0.1, 0.15) is 5.75 Å². The quantitative estimate of drug-likeness (QED) is 0.665. The van der Waals surface area contributed by atoms with Gasteiger partial charge in [-0.2, -0.15) is 0 Å². The van der Waals surface area contributed by atoms with Crippen molar-refractivity contribution >= 4 is 19.9 Å². The minimum Gasteiger partial charge on any atom is -0.507 e. The molecule has 0 bridgehead atoms. The molecular weight excluding hydrogens is 308 g/mol. The Hall–Kier alpha value is -1.72. The zero-order valence-corrected chi connectivity index (χ0v) is 14.9. The largest absolute Gasteiger partial charge is 0.507 e. The second kappa shape index (κ2) is 5.42. The van der Waals surface area contributed by atoms with E-state index in [1.807, 2.05) is 13.0 Å². The monoisotopic (exact) mass is 330 g/mol. The summed E-state index contributed by atoms with van der Waals surface area (Å²) in [7, 11) is -1.89. The number of carbonyl (C=O) groups is 2. The fraction of sp³-hybridized carbons (Fsp3) is 0.444. The van der Waals surface area contributed by atoms with E-state index in [1.165, 1.54) is 6.07 Å². The molecule has 4 nitrogen and oxygen atoms in total. The van der Waals surface area contributed by atoms with Crippen molar-refractivity contribution in [1.29, 1.82) is 0 Å². The van der Waals surface area contributed by atoms with Gasteiger partial charge in [0.2, 0.25) is 0 Å². The van der Waals surface area contributed by atoms with E-state index in [-0.39, 0.29) is 34.9 Å². The van der Waals surface area contributed by atoms with Crippen molar-refractivity contribution in [3.05, 3.63) is 41.0 Å². The summed E-state index contributed by atoms with van der Waals surface area (Å²) in [6, 6.07) is 4.70. The van der Waals surface area contributed by atoms with Gasteiger partial charge >= 0.3 is 0 Å². The molecule has 122 valence electrons. The fourth-order valence-corrected chi connectivity index (χ4v) is 4.67. The maximum atomic E-state index is 13.1. The second-order valence-corrected chi connectivity index (χ2v) is 11.9. The second-order valence-electron chi connectivity index (χ2n) is 7.40. The molecule has 0 radical (unpaired) electrons. The number of aromatic hydroxyl groups is 1. The molecule has 1 aromatic carbocycles. The number of fused-ring (bicyclic) bond motifs is 2. The van der Waals surface area contributed by atoms with Gasteiger partial charge in [-0.3, -0.25) is 9.59 Å². The SMILES string of the molecule is CC1=CCC2C(=O)c3cccc(O)c3C(=O)C2C1O[Si](C)(C)C. The van der Waals surface area contributed by atoms with Crippen molar-refractivity contribution in [2.75, 3.05) is 0 Å². The molecule has 1 aromatic rings. The molecule has 3 atom stereocenters. The molecule has 0 saturated carbocycles. The third-order valence-electron chi connectivity index (χ3n) is 4.58. The van der Waals surface area contributed by atoms with Gasteiger partial charge in [-0.25, -0.2) is 0 Å². The van der Waals surface area contributed by atoms with E-state index in [0.29, 0.717) is 12.0 Å². The maximum absolute atomic E-state index is 13.1. The number of allylic oxidation sites excluding steroid dienone is 1. The topological polar surface area (TPSA) is 63.6 Å². The standard InChI is InChI=1S/C18H22O4Si/c1-10-8-9-12-15(18(10)22-23(2,3)4)17(21)14-11(16(12)20)6-5-7-13(14)19/h5-8,12,15,18-19H,9H2,1-4H3. The van der Waals surface area contributed by atoms with Crippen LogP contribution < -0.4 is 0 Å². The zero-order chi connectivity index (χ0) is 16.9. The van der Waals surface area contributed by atoms with Gasteiger partial charge in [0, 0.05) is 11.5 Å². The first-order chi connectivity index (χ1) is 10.7. The summed E-state index contributed by atoms with van der Waals surface area (Å²) in [5, 5.41) is 10.1. The number of hydrogen-bond donors (Lipinski definition) is 1. The predicted molar refractivity (Wildman–Crippen MR) is 90.3 cm³/mol. The van der Waals surface area contributed by atoms with Crippen molar-refractivity contribution in [1.82, 2.24) is 0 Å². The number of phenolic OH excluding ortho intramolecular Hbond substituents is 1. The minimum absolute atomic E-state index is 0.0616.